The van der Waals surface area contributed by atoms with Crippen LogP contribution >= 0.6 is 0 Å². The van der Waals surface area contributed by atoms with Gasteiger partial charge in [-0.1, -0.05) is 19.8 Å². The number of piperazine rings is 1. The van der Waals surface area contributed by atoms with Gasteiger partial charge in [0, 0.05) is 31.6 Å². The highest BCUT2D eigenvalue weighted by atomic mass is 16.2. The van der Waals surface area contributed by atoms with E-state index in [-0.39, 0.29) is 5.41 Å². The van der Waals surface area contributed by atoms with Crippen LogP contribution in [0.4, 0.5) is 11.5 Å². The predicted molar refractivity (Wildman–Crippen MR) is 84.0 cm³/mol. The number of rotatable bonds is 2. The molecular weight excluding hydrogens is 264 g/mol. The number of amides is 1. The highest BCUT2D eigenvalue weighted by Crippen LogP contribution is 2.39. The monoisotopic (exact) mass is 288 g/mol. The number of hydrogen-bond acceptors (Lipinski definition) is 4. The number of nitrogen functional groups attached to an aromatic ring is 1. The summed E-state index contributed by atoms with van der Waals surface area (Å²) in [6.07, 6.45) is 6.17. The van der Waals surface area contributed by atoms with Crippen LogP contribution in [0.2, 0.25) is 0 Å². The third-order valence-electron chi connectivity index (χ3n) is 4.89. The van der Waals surface area contributed by atoms with Crippen LogP contribution in [0.15, 0.2) is 18.3 Å². The molecular formula is C16H24N4O. The van der Waals surface area contributed by atoms with E-state index >= 15 is 0 Å². The standard InChI is InChI=1S/C16H24N4O/c1-16(6-2-3-7-16)15(21)20-10-8-19(9-11-20)14-5-4-13(17)12-18-14/h4-5,12H,2-3,6-11,17H2,1H3. The Labute approximate surface area is 126 Å². The van der Waals surface area contributed by atoms with Crippen LogP contribution in [-0.4, -0.2) is 42.0 Å². The lowest BCUT2D eigenvalue weighted by Crippen LogP contribution is -2.52. The Bertz CT molecular complexity index is 500. The van der Waals surface area contributed by atoms with E-state index in [2.05, 4.69) is 16.8 Å². The first-order chi connectivity index (χ1) is 10.1. The molecule has 5 heteroatoms. The summed E-state index contributed by atoms with van der Waals surface area (Å²) in [5.41, 5.74) is 6.24. The topological polar surface area (TPSA) is 62.5 Å². The van der Waals surface area contributed by atoms with E-state index in [1.54, 1.807) is 6.20 Å². The van der Waals surface area contributed by atoms with E-state index in [1.165, 1.54) is 12.8 Å². The Morgan fingerprint density at radius 1 is 1.19 bits per heavy atom. The molecule has 0 spiro atoms. The molecule has 0 bridgehead atoms. The van der Waals surface area contributed by atoms with Crippen molar-refractivity contribution >= 4 is 17.4 Å². The quantitative estimate of drug-likeness (QED) is 0.902. The molecule has 0 aromatic carbocycles. The van der Waals surface area contributed by atoms with Gasteiger partial charge in [0.1, 0.15) is 5.82 Å². The van der Waals surface area contributed by atoms with Crippen LogP contribution in [-0.2, 0) is 4.79 Å². The largest absolute Gasteiger partial charge is 0.397 e. The van der Waals surface area contributed by atoms with Crippen LogP contribution in [0, 0.1) is 5.41 Å². The second kappa shape index (κ2) is 5.54. The molecule has 1 aliphatic carbocycles. The number of hydrogen-bond donors (Lipinski definition) is 1. The summed E-state index contributed by atoms with van der Waals surface area (Å²) in [5.74, 6) is 1.30. The Morgan fingerprint density at radius 2 is 1.86 bits per heavy atom. The molecule has 1 aromatic heterocycles. The Morgan fingerprint density at radius 3 is 2.43 bits per heavy atom. The van der Waals surface area contributed by atoms with Gasteiger partial charge >= 0.3 is 0 Å². The minimum atomic E-state index is -0.110. The first-order valence-corrected chi connectivity index (χ1v) is 7.84. The normalized spacial score (nSPS) is 21.6. The van der Waals surface area contributed by atoms with Crippen LogP contribution < -0.4 is 10.6 Å². The number of anilines is 2. The summed E-state index contributed by atoms with van der Waals surface area (Å²) >= 11 is 0. The van der Waals surface area contributed by atoms with Crippen molar-refractivity contribution < 1.29 is 4.79 Å². The van der Waals surface area contributed by atoms with Gasteiger partial charge in [0.2, 0.25) is 5.91 Å². The van der Waals surface area contributed by atoms with Crippen molar-refractivity contribution in [2.45, 2.75) is 32.6 Å². The first kappa shape index (κ1) is 14.2. The number of carbonyl (C=O) groups is 1. The highest BCUT2D eigenvalue weighted by Gasteiger charge is 2.39. The Kier molecular flexibility index (Phi) is 3.74. The fourth-order valence-corrected chi connectivity index (χ4v) is 3.47. The maximum absolute atomic E-state index is 12.7. The zero-order valence-electron chi connectivity index (χ0n) is 12.7. The van der Waals surface area contributed by atoms with Gasteiger partial charge in [-0.15, -0.1) is 0 Å². The fourth-order valence-electron chi connectivity index (χ4n) is 3.47. The zero-order chi connectivity index (χ0) is 14.9. The average Bonchev–Trinajstić information content (AvgIpc) is 2.96. The molecule has 2 N–H and O–H groups in total. The maximum Gasteiger partial charge on any atom is 0.228 e. The second-order valence-electron chi connectivity index (χ2n) is 6.50. The van der Waals surface area contributed by atoms with Crippen molar-refractivity contribution in [1.29, 1.82) is 0 Å². The summed E-state index contributed by atoms with van der Waals surface area (Å²) in [6, 6.07) is 3.82. The van der Waals surface area contributed by atoms with Crippen LogP contribution in [0.3, 0.4) is 0 Å². The lowest BCUT2D eigenvalue weighted by atomic mass is 9.87. The molecule has 1 aromatic rings. The molecule has 21 heavy (non-hydrogen) atoms. The van der Waals surface area contributed by atoms with Crippen LogP contribution in [0.1, 0.15) is 32.6 Å². The second-order valence-corrected chi connectivity index (χ2v) is 6.50. The van der Waals surface area contributed by atoms with E-state index in [0.717, 1.165) is 44.8 Å². The Balaban J connectivity index is 1.60. The van der Waals surface area contributed by atoms with Gasteiger partial charge in [-0.3, -0.25) is 4.79 Å². The summed E-state index contributed by atoms with van der Waals surface area (Å²) < 4.78 is 0. The van der Waals surface area contributed by atoms with Gasteiger partial charge in [0.05, 0.1) is 11.9 Å². The van der Waals surface area contributed by atoms with Gasteiger partial charge in [0.25, 0.3) is 0 Å². The third kappa shape index (κ3) is 2.82. The first-order valence-electron chi connectivity index (χ1n) is 7.84. The minimum absolute atomic E-state index is 0.110. The maximum atomic E-state index is 12.7. The number of nitrogens with two attached hydrogens (primary N) is 1. The molecule has 2 heterocycles. The number of pyridine rings is 1. The van der Waals surface area contributed by atoms with Crippen molar-refractivity contribution in [1.82, 2.24) is 9.88 Å². The molecule has 114 valence electrons. The number of aromatic nitrogens is 1. The number of nitrogens with zero attached hydrogens (tertiary/aromatic N) is 3. The lowest BCUT2D eigenvalue weighted by molar-refractivity contribution is -0.141. The fraction of sp³-hybridized carbons (Fsp3) is 0.625. The van der Waals surface area contributed by atoms with E-state index < -0.39 is 0 Å². The average molecular weight is 288 g/mol. The lowest BCUT2D eigenvalue weighted by Gasteiger charge is -2.39. The summed E-state index contributed by atoms with van der Waals surface area (Å²) in [5, 5.41) is 0. The molecule has 2 fully saturated rings. The Hall–Kier alpha value is -1.78. The van der Waals surface area contributed by atoms with Gasteiger partial charge in [-0.2, -0.15) is 0 Å². The van der Waals surface area contributed by atoms with E-state index in [9.17, 15) is 4.79 Å². The number of carbonyl (C=O) groups excluding carboxylic acids is 1. The third-order valence-corrected chi connectivity index (χ3v) is 4.89. The van der Waals surface area contributed by atoms with Crippen LogP contribution in [0.25, 0.3) is 0 Å². The molecule has 0 unspecified atom stereocenters. The molecule has 2 aliphatic rings. The van der Waals surface area contributed by atoms with Crippen molar-refractivity contribution in [3.05, 3.63) is 18.3 Å². The molecule has 1 saturated carbocycles. The molecule has 0 radical (unpaired) electrons. The van der Waals surface area contributed by atoms with Gasteiger partial charge in [0.15, 0.2) is 0 Å². The van der Waals surface area contributed by atoms with Gasteiger partial charge in [-0.05, 0) is 25.0 Å². The molecule has 1 amide bonds. The van der Waals surface area contributed by atoms with E-state index in [0.29, 0.717) is 11.6 Å². The molecule has 1 aliphatic heterocycles. The van der Waals surface area contributed by atoms with Gasteiger partial charge < -0.3 is 15.5 Å². The molecule has 1 saturated heterocycles. The summed E-state index contributed by atoms with van der Waals surface area (Å²) in [4.78, 5) is 21.3. The predicted octanol–water partition coefficient (Wildman–Crippen LogP) is 1.89. The zero-order valence-corrected chi connectivity index (χ0v) is 12.7. The van der Waals surface area contributed by atoms with Gasteiger partial charge in [-0.25, -0.2) is 4.98 Å². The molecule has 3 rings (SSSR count). The molecule has 5 nitrogen and oxygen atoms in total. The minimum Gasteiger partial charge on any atom is -0.397 e. The van der Waals surface area contributed by atoms with E-state index in [1.807, 2.05) is 17.0 Å². The van der Waals surface area contributed by atoms with Crippen molar-refractivity contribution in [2.75, 3.05) is 36.8 Å². The summed E-state index contributed by atoms with van der Waals surface area (Å²) in [6.45, 7) is 5.41. The summed E-state index contributed by atoms with van der Waals surface area (Å²) in [7, 11) is 0. The smallest absolute Gasteiger partial charge is 0.228 e. The van der Waals surface area contributed by atoms with Crippen molar-refractivity contribution in [3.63, 3.8) is 0 Å². The highest BCUT2D eigenvalue weighted by molar-refractivity contribution is 5.83. The molecule has 0 atom stereocenters. The van der Waals surface area contributed by atoms with E-state index in [4.69, 9.17) is 5.73 Å². The van der Waals surface area contributed by atoms with Crippen molar-refractivity contribution in [2.24, 2.45) is 5.41 Å². The SMILES string of the molecule is CC1(C(=O)N2CCN(c3ccc(N)cn3)CC2)CCCC1. The van der Waals surface area contributed by atoms with Crippen LogP contribution in [0.5, 0.6) is 0 Å². The van der Waals surface area contributed by atoms with Crippen molar-refractivity contribution in [3.8, 4) is 0 Å².